The van der Waals surface area contributed by atoms with E-state index in [1.807, 2.05) is 18.2 Å². The minimum Gasteiger partial charge on any atom is -0.454 e. The summed E-state index contributed by atoms with van der Waals surface area (Å²) in [5.74, 6) is 1.63. The highest BCUT2D eigenvalue weighted by Crippen LogP contribution is 2.36. The van der Waals surface area contributed by atoms with Crippen molar-refractivity contribution in [1.82, 2.24) is 4.90 Å². The lowest BCUT2D eigenvalue weighted by atomic mass is 10.1. The van der Waals surface area contributed by atoms with Gasteiger partial charge in [0, 0.05) is 6.54 Å². The maximum atomic E-state index is 6.45. The van der Waals surface area contributed by atoms with E-state index in [-0.39, 0.29) is 5.38 Å². The summed E-state index contributed by atoms with van der Waals surface area (Å²) in [6.07, 6.45) is 2.59. The number of likely N-dealkylation sites (tertiary alicyclic amines) is 1. The zero-order valence-corrected chi connectivity index (χ0v) is 10.4. The molecule has 0 radical (unpaired) electrons. The fourth-order valence-electron chi connectivity index (χ4n) is 2.41. The molecule has 1 fully saturated rings. The minimum atomic E-state index is 0.0302. The van der Waals surface area contributed by atoms with E-state index in [1.165, 1.54) is 25.9 Å². The van der Waals surface area contributed by atoms with Crippen molar-refractivity contribution >= 4 is 11.6 Å². The Kier molecular flexibility index (Phi) is 3.12. The molecule has 0 bridgehead atoms. The second-order valence-electron chi connectivity index (χ2n) is 4.59. The Balaban J connectivity index is 1.70. The topological polar surface area (TPSA) is 21.7 Å². The number of halogens is 1. The Bertz CT molecular complexity index is 404. The van der Waals surface area contributed by atoms with Crippen molar-refractivity contribution in [2.75, 3.05) is 26.4 Å². The van der Waals surface area contributed by atoms with Gasteiger partial charge in [0.15, 0.2) is 11.5 Å². The van der Waals surface area contributed by atoms with E-state index >= 15 is 0 Å². The van der Waals surface area contributed by atoms with E-state index in [0.29, 0.717) is 6.79 Å². The van der Waals surface area contributed by atoms with Gasteiger partial charge in [-0.3, -0.25) is 0 Å². The molecule has 2 aliphatic rings. The van der Waals surface area contributed by atoms with Crippen LogP contribution in [0.15, 0.2) is 18.2 Å². The molecule has 0 aromatic heterocycles. The third-order valence-electron chi connectivity index (χ3n) is 3.38. The van der Waals surface area contributed by atoms with E-state index in [4.69, 9.17) is 21.1 Å². The molecule has 0 N–H and O–H groups in total. The molecule has 0 saturated carbocycles. The fraction of sp³-hybridized carbons (Fsp3) is 0.538. The Labute approximate surface area is 106 Å². The smallest absolute Gasteiger partial charge is 0.231 e. The van der Waals surface area contributed by atoms with Gasteiger partial charge in [-0.05, 0) is 43.6 Å². The molecule has 1 aromatic carbocycles. The molecule has 0 aliphatic carbocycles. The van der Waals surface area contributed by atoms with Gasteiger partial charge in [0.05, 0.1) is 5.38 Å². The van der Waals surface area contributed by atoms with Gasteiger partial charge < -0.3 is 14.4 Å². The van der Waals surface area contributed by atoms with E-state index < -0.39 is 0 Å². The summed E-state index contributed by atoms with van der Waals surface area (Å²) in [6, 6.07) is 5.97. The molecular weight excluding hydrogens is 238 g/mol. The molecule has 4 heteroatoms. The van der Waals surface area contributed by atoms with Crippen LogP contribution < -0.4 is 9.47 Å². The van der Waals surface area contributed by atoms with Gasteiger partial charge in [0.1, 0.15) is 0 Å². The Morgan fingerprint density at radius 3 is 2.76 bits per heavy atom. The number of hydrogen-bond donors (Lipinski definition) is 0. The van der Waals surface area contributed by atoms with Gasteiger partial charge in [0.25, 0.3) is 0 Å². The summed E-state index contributed by atoms with van der Waals surface area (Å²) in [7, 11) is 0. The van der Waals surface area contributed by atoms with Gasteiger partial charge in [-0.1, -0.05) is 6.07 Å². The molecular formula is C13H16ClNO2. The number of fused-ring (bicyclic) bond motifs is 1. The van der Waals surface area contributed by atoms with Crippen molar-refractivity contribution in [3.05, 3.63) is 23.8 Å². The lowest BCUT2D eigenvalue weighted by Crippen LogP contribution is -2.23. The first-order valence-corrected chi connectivity index (χ1v) is 6.52. The molecule has 1 unspecified atom stereocenters. The first-order chi connectivity index (χ1) is 8.33. The number of rotatable bonds is 3. The minimum absolute atomic E-state index is 0.0302. The third-order valence-corrected chi connectivity index (χ3v) is 3.77. The normalized spacial score (nSPS) is 20.8. The van der Waals surface area contributed by atoms with Crippen molar-refractivity contribution in [3.8, 4) is 11.5 Å². The number of ether oxygens (including phenoxy) is 2. The van der Waals surface area contributed by atoms with Crippen LogP contribution in [-0.2, 0) is 0 Å². The average Bonchev–Trinajstić information content (AvgIpc) is 2.97. The first kappa shape index (κ1) is 11.2. The quantitative estimate of drug-likeness (QED) is 0.774. The molecule has 3 nitrogen and oxygen atoms in total. The molecule has 2 aliphatic heterocycles. The second-order valence-corrected chi connectivity index (χ2v) is 5.11. The van der Waals surface area contributed by atoms with Crippen LogP contribution in [0.1, 0.15) is 23.8 Å². The van der Waals surface area contributed by atoms with E-state index in [0.717, 1.165) is 23.6 Å². The molecule has 92 valence electrons. The molecule has 1 saturated heterocycles. The van der Waals surface area contributed by atoms with Crippen molar-refractivity contribution in [2.24, 2.45) is 0 Å². The second kappa shape index (κ2) is 4.75. The van der Waals surface area contributed by atoms with Crippen molar-refractivity contribution in [1.29, 1.82) is 0 Å². The summed E-state index contributed by atoms with van der Waals surface area (Å²) in [5.41, 5.74) is 1.11. The van der Waals surface area contributed by atoms with Crippen molar-refractivity contribution < 1.29 is 9.47 Å². The van der Waals surface area contributed by atoms with Gasteiger partial charge in [-0.2, -0.15) is 0 Å². The van der Waals surface area contributed by atoms with Crippen molar-refractivity contribution in [3.63, 3.8) is 0 Å². The zero-order valence-electron chi connectivity index (χ0n) is 9.69. The van der Waals surface area contributed by atoms with E-state index in [1.54, 1.807) is 0 Å². The lowest BCUT2D eigenvalue weighted by Gasteiger charge is -2.19. The summed E-state index contributed by atoms with van der Waals surface area (Å²) in [4.78, 5) is 2.42. The highest BCUT2D eigenvalue weighted by molar-refractivity contribution is 6.21. The summed E-state index contributed by atoms with van der Waals surface area (Å²) in [5, 5.41) is 0.0302. The summed E-state index contributed by atoms with van der Waals surface area (Å²) >= 11 is 6.45. The number of hydrogen-bond acceptors (Lipinski definition) is 3. The average molecular weight is 254 g/mol. The van der Waals surface area contributed by atoms with Crippen LogP contribution in [0.4, 0.5) is 0 Å². The maximum Gasteiger partial charge on any atom is 0.231 e. The SMILES string of the molecule is ClC(CN1CCCC1)c1ccc2c(c1)OCO2. The number of nitrogens with zero attached hydrogens (tertiary/aromatic N) is 1. The fourth-order valence-corrected chi connectivity index (χ4v) is 2.74. The highest BCUT2D eigenvalue weighted by atomic mass is 35.5. The lowest BCUT2D eigenvalue weighted by molar-refractivity contribution is 0.174. The molecule has 17 heavy (non-hydrogen) atoms. The third kappa shape index (κ3) is 2.35. The maximum absolute atomic E-state index is 6.45. The van der Waals surface area contributed by atoms with Crippen LogP contribution in [0, 0.1) is 0 Å². The molecule has 0 amide bonds. The van der Waals surface area contributed by atoms with Crippen LogP contribution >= 0.6 is 11.6 Å². The number of benzene rings is 1. The van der Waals surface area contributed by atoms with E-state index in [2.05, 4.69) is 4.90 Å². The van der Waals surface area contributed by atoms with E-state index in [9.17, 15) is 0 Å². The zero-order chi connectivity index (χ0) is 11.7. The highest BCUT2D eigenvalue weighted by Gasteiger charge is 2.20. The molecule has 1 atom stereocenters. The largest absolute Gasteiger partial charge is 0.454 e. The Morgan fingerprint density at radius 1 is 1.18 bits per heavy atom. The van der Waals surface area contributed by atoms with Crippen LogP contribution in [0.3, 0.4) is 0 Å². The Hall–Kier alpha value is -0.930. The summed E-state index contributed by atoms with van der Waals surface area (Å²) in [6.45, 7) is 3.58. The molecule has 2 heterocycles. The van der Waals surface area contributed by atoms with Crippen molar-refractivity contribution in [2.45, 2.75) is 18.2 Å². The standard InChI is InChI=1S/C13H16ClNO2/c14-11(8-15-5-1-2-6-15)10-3-4-12-13(7-10)17-9-16-12/h3-4,7,11H,1-2,5-6,8-9H2. The molecule has 1 aromatic rings. The first-order valence-electron chi connectivity index (χ1n) is 6.09. The van der Waals surface area contributed by atoms with Crippen LogP contribution in [-0.4, -0.2) is 31.3 Å². The van der Waals surface area contributed by atoms with Crippen LogP contribution in [0.2, 0.25) is 0 Å². The summed E-state index contributed by atoms with van der Waals surface area (Å²) < 4.78 is 10.7. The van der Waals surface area contributed by atoms with Gasteiger partial charge in [0.2, 0.25) is 6.79 Å². The molecule has 3 rings (SSSR count). The van der Waals surface area contributed by atoms with Gasteiger partial charge >= 0.3 is 0 Å². The Morgan fingerprint density at radius 2 is 1.94 bits per heavy atom. The predicted octanol–water partition coefficient (Wildman–Crippen LogP) is 2.79. The predicted molar refractivity (Wildman–Crippen MR) is 66.8 cm³/mol. The van der Waals surface area contributed by atoms with Crippen LogP contribution in [0.5, 0.6) is 11.5 Å². The van der Waals surface area contributed by atoms with Gasteiger partial charge in [-0.25, -0.2) is 0 Å². The van der Waals surface area contributed by atoms with Gasteiger partial charge in [-0.15, -0.1) is 11.6 Å². The van der Waals surface area contributed by atoms with Crippen LogP contribution in [0.25, 0.3) is 0 Å². The molecule has 0 spiro atoms. The monoisotopic (exact) mass is 253 g/mol. The number of alkyl halides is 1.